The second-order valence-corrected chi connectivity index (χ2v) is 6.49. The molecule has 23 heavy (non-hydrogen) atoms. The molecular weight excluding hydrogens is 310 g/mol. The maximum atomic E-state index is 12.0. The SMILES string of the molecule is CC(SCC(=O)Nc1ccccc1O)c1nc2ccccc2[nH]1. The zero-order chi connectivity index (χ0) is 16.2. The van der Waals surface area contributed by atoms with Crippen LogP contribution in [0.5, 0.6) is 5.75 Å². The van der Waals surface area contributed by atoms with Gasteiger partial charge in [-0.1, -0.05) is 24.3 Å². The number of amides is 1. The molecule has 3 aromatic rings. The summed E-state index contributed by atoms with van der Waals surface area (Å²) in [5, 5.41) is 12.4. The van der Waals surface area contributed by atoms with Crippen LogP contribution in [0.2, 0.25) is 0 Å². The van der Waals surface area contributed by atoms with Gasteiger partial charge in [-0.25, -0.2) is 4.98 Å². The van der Waals surface area contributed by atoms with Crippen LogP contribution in [0.4, 0.5) is 5.69 Å². The molecule has 5 nitrogen and oxygen atoms in total. The molecule has 0 spiro atoms. The van der Waals surface area contributed by atoms with E-state index in [4.69, 9.17) is 0 Å². The lowest BCUT2D eigenvalue weighted by molar-refractivity contribution is -0.113. The van der Waals surface area contributed by atoms with Crippen LogP contribution in [-0.4, -0.2) is 26.7 Å². The van der Waals surface area contributed by atoms with Crippen LogP contribution in [-0.2, 0) is 4.79 Å². The topological polar surface area (TPSA) is 78.0 Å². The smallest absolute Gasteiger partial charge is 0.234 e. The Kier molecular flexibility index (Phi) is 4.52. The third-order valence-corrected chi connectivity index (χ3v) is 4.59. The third-order valence-electron chi connectivity index (χ3n) is 3.44. The molecule has 3 rings (SSSR count). The van der Waals surface area contributed by atoms with E-state index in [-0.39, 0.29) is 22.7 Å². The Morgan fingerprint density at radius 2 is 2.00 bits per heavy atom. The molecular formula is C17H17N3O2S. The van der Waals surface area contributed by atoms with Gasteiger partial charge >= 0.3 is 0 Å². The lowest BCUT2D eigenvalue weighted by Crippen LogP contribution is -2.14. The van der Waals surface area contributed by atoms with E-state index in [0.717, 1.165) is 16.9 Å². The quantitative estimate of drug-likeness (QED) is 0.624. The van der Waals surface area contributed by atoms with Gasteiger partial charge in [0.2, 0.25) is 5.91 Å². The number of thioether (sulfide) groups is 1. The lowest BCUT2D eigenvalue weighted by atomic mass is 10.3. The van der Waals surface area contributed by atoms with Crippen molar-refractivity contribution in [3.63, 3.8) is 0 Å². The number of benzene rings is 2. The largest absolute Gasteiger partial charge is 0.506 e. The second-order valence-electron chi connectivity index (χ2n) is 5.16. The van der Waals surface area contributed by atoms with Gasteiger partial charge in [0.05, 0.1) is 27.7 Å². The standard InChI is InChI=1S/C17H17N3O2S/c1-11(17-19-12-6-2-3-7-13(12)20-17)23-10-16(22)18-14-8-4-5-9-15(14)21/h2-9,11,21H,10H2,1H3,(H,18,22)(H,19,20). The number of phenols is 1. The molecule has 0 aliphatic rings. The van der Waals surface area contributed by atoms with Crippen molar-refractivity contribution in [3.05, 3.63) is 54.4 Å². The van der Waals surface area contributed by atoms with E-state index in [2.05, 4.69) is 15.3 Å². The summed E-state index contributed by atoms with van der Waals surface area (Å²) in [4.78, 5) is 19.8. The Balaban J connectivity index is 1.59. The highest BCUT2D eigenvalue weighted by Gasteiger charge is 2.14. The molecule has 0 bridgehead atoms. The average molecular weight is 327 g/mol. The summed E-state index contributed by atoms with van der Waals surface area (Å²) in [5.74, 6) is 1.05. The van der Waals surface area contributed by atoms with Crippen molar-refractivity contribution in [2.75, 3.05) is 11.1 Å². The number of aromatic nitrogens is 2. The van der Waals surface area contributed by atoms with Crippen LogP contribution in [0, 0.1) is 0 Å². The van der Waals surface area contributed by atoms with Crippen LogP contribution in [0.15, 0.2) is 48.5 Å². The first kappa shape index (κ1) is 15.4. The van der Waals surface area contributed by atoms with Gasteiger partial charge in [-0.15, -0.1) is 11.8 Å². The molecule has 0 fully saturated rings. The van der Waals surface area contributed by atoms with Gasteiger partial charge in [0.1, 0.15) is 11.6 Å². The summed E-state index contributed by atoms with van der Waals surface area (Å²) in [5.41, 5.74) is 2.34. The number of anilines is 1. The lowest BCUT2D eigenvalue weighted by Gasteiger charge is -2.09. The van der Waals surface area contributed by atoms with E-state index in [1.807, 2.05) is 31.2 Å². The van der Waals surface area contributed by atoms with Gasteiger partial charge in [-0.2, -0.15) is 0 Å². The van der Waals surface area contributed by atoms with Gasteiger partial charge in [-0.05, 0) is 31.2 Å². The number of imidazole rings is 1. The predicted molar refractivity (Wildman–Crippen MR) is 93.7 cm³/mol. The highest BCUT2D eigenvalue weighted by molar-refractivity contribution is 8.00. The van der Waals surface area contributed by atoms with Crippen molar-refractivity contribution in [1.29, 1.82) is 0 Å². The van der Waals surface area contributed by atoms with Crippen molar-refractivity contribution in [2.45, 2.75) is 12.2 Å². The van der Waals surface area contributed by atoms with E-state index in [9.17, 15) is 9.90 Å². The summed E-state index contributed by atoms with van der Waals surface area (Å²) < 4.78 is 0. The first-order chi connectivity index (χ1) is 11.1. The number of hydrogen-bond acceptors (Lipinski definition) is 4. The second kappa shape index (κ2) is 6.75. The van der Waals surface area contributed by atoms with Crippen LogP contribution in [0.1, 0.15) is 18.0 Å². The molecule has 6 heteroatoms. The van der Waals surface area contributed by atoms with Crippen LogP contribution >= 0.6 is 11.8 Å². The van der Waals surface area contributed by atoms with Gasteiger partial charge in [-0.3, -0.25) is 4.79 Å². The summed E-state index contributed by atoms with van der Waals surface area (Å²) in [6, 6.07) is 14.5. The molecule has 1 aromatic heterocycles. The molecule has 0 aliphatic heterocycles. The van der Waals surface area contributed by atoms with Crippen molar-refractivity contribution >= 4 is 34.4 Å². The molecule has 0 saturated carbocycles. The fraction of sp³-hybridized carbons (Fsp3) is 0.176. The summed E-state index contributed by atoms with van der Waals surface area (Å²) >= 11 is 1.49. The average Bonchev–Trinajstić information content (AvgIpc) is 2.99. The number of fused-ring (bicyclic) bond motifs is 1. The minimum atomic E-state index is -0.153. The van der Waals surface area contributed by atoms with Crippen LogP contribution in [0.3, 0.4) is 0 Å². The molecule has 1 amide bonds. The zero-order valence-electron chi connectivity index (χ0n) is 12.6. The fourth-order valence-electron chi connectivity index (χ4n) is 2.21. The normalized spacial score (nSPS) is 12.2. The highest BCUT2D eigenvalue weighted by atomic mass is 32.2. The van der Waals surface area contributed by atoms with Crippen LogP contribution < -0.4 is 5.32 Å². The Morgan fingerprint density at radius 3 is 2.78 bits per heavy atom. The predicted octanol–water partition coefficient (Wildman–Crippen LogP) is 3.70. The van der Waals surface area contributed by atoms with Gasteiger partial charge in [0.25, 0.3) is 0 Å². The number of H-pyrrole nitrogens is 1. The number of nitrogens with one attached hydrogen (secondary N) is 2. The Hall–Kier alpha value is -2.47. The number of aromatic hydroxyl groups is 1. The number of phenolic OH excluding ortho intramolecular Hbond substituents is 1. The maximum absolute atomic E-state index is 12.0. The molecule has 1 unspecified atom stereocenters. The van der Waals surface area contributed by atoms with E-state index >= 15 is 0 Å². The summed E-state index contributed by atoms with van der Waals surface area (Å²) in [6.07, 6.45) is 0. The van der Waals surface area contributed by atoms with E-state index in [1.165, 1.54) is 11.8 Å². The minimum Gasteiger partial charge on any atom is -0.506 e. The first-order valence-electron chi connectivity index (χ1n) is 7.27. The third kappa shape index (κ3) is 3.65. The molecule has 2 aromatic carbocycles. The summed E-state index contributed by atoms with van der Waals surface area (Å²) in [6.45, 7) is 2.01. The van der Waals surface area contributed by atoms with E-state index in [0.29, 0.717) is 5.69 Å². The zero-order valence-corrected chi connectivity index (χ0v) is 13.4. The molecule has 0 radical (unpaired) electrons. The molecule has 1 heterocycles. The van der Waals surface area contributed by atoms with E-state index < -0.39 is 0 Å². The molecule has 1 atom stereocenters. The van der Waals surface area contributed by atoms with Crippen molar-refractivity contribution < 1.29 is 9.90 Å². The fourth-order valence-corrected chi connectivity index (χ4v) is 2.95. The number of nitrogens with zero attached hydrogens (tertiary/aromatic N) is 1. The van der Waals surface area contributed by atoms with Crippen molar-refractivity contribution in [1.82, 2.24) is 9.97 Å². The number of carbonyl (C=O) groups is 1. The maximum Gasteiger partial charge on any atom is 0.234 e. The summed E-state index contributed by atoms with van der Waals surface area (Å²) in [7, 11) is 0. The van der Waals surface area contributed by atoms with E-state index in [1.54, 1.807) is 24.3 Å². The number of hydrogen-bond donors (Lipinski definition) is 3. The minimum absolute atomic E-state index is 0.0659. The first-order valence-corrected chi connectivity index (χ1v) is 8.32. The molecule has 0 aliphatic carbocycles. The Morgan fingerprint density at radius 1 is 1.26 bits per heavy atom. The van der Waals surface area contributed by atoms with Crippen molar-refractivity contribution in [3.8, 4) is 5.75 Å². The Bertz CT molecular complexity index is 798. The molecule has 0 saturated heterocycles. The van der Waals surface area contributed by atoms with Gasteiger partial charge in [0, 0.05) is 0 Å². The van der Waals surface area contributed by atoms with Gasteiger partial charge < -0.3 is 15.4 Å². The number of aromatic amines is 1. The molecule has 3 N–H and O–H groups in total. The number of rotatable bonds is 5. The molecule has 118 valence electrons. The van der Waals surface area contributed by atoms with Crippen LogP contribution in [0.25, 0.3) is 11.0 Å². The Labute approximate surface area is 138 Å². The van der Waals surface area contributed by atoms with Crippen molar-refractivity contribution in [2.24, 2.45) is 0 Å². The number of para-hydroxylation sites is 4. The highest BCUT2D eigenvalue weighted by Crippen LogP contribution is 2.28. The monoisotopic (exact) mass is 327 g/mol. The van der Waals surface area contributed by atoms with Gasteiger partial charge in [0.15, 0.2) is 0 Å². The number of carbonyl (C=O) groups excluding carboxylic acids is 1.